The molecule has 0 amide bonds. The van der Waals surface area contributed by atoms with Gasteiger partial charge in [-0.1, -0.05) is 35.9 Å². The third-order valence-electron chi connectivity index (χ3n) is 3.68. The topological polar surface area (TPSA) is 40.7 Å². The number of imidazole rings is 1. The minimum Gasteiger partial charge on any atom is -0.381 e. The number of hydrogen-bond donors (Lipinski definition) is 2. The number of H-pyrrole nitrogens is 1. The summed E-state index contributed by atoms with van der Waals surface area (Å²) in [5.74, 6) is 0. The summed E-state index contributed by atoms with van der Waals surface area (Å²) in [6.45, 7) is 5.12. The molecule has 21 heavy (non-hydrogen) atoms. The van der Waals surface area contributed by atoms with Crippen molar-refractivity contribution < 1.29 is 0 Å². The van der Waals surface area contributed by atoms with E-state index >= 15 is 0 Å². The van der Waals surface area contributed by atoms with Gasteiger partial charge in [-0.05, 0) is 42.7 Å². The van der Waals surface area contributed by atoms with Gasteiger partial charge in [0, 0.05) is 12.2 Å². The molecule has 2 N–H and O–H groups in total. The summed E-state index contributed by atoms with van der Waals surface area (Å²) in [5.41, 5.74) is 7.27. The Labute approximate surface area is 125 Å². The summed E-state index contributed by atoms with van der Waals surface area (Å²) in [6, 6.07) is 15.0. The van der Waals surface area contributed by atoms with E-state index in [-0.39, 0.29) is 0 Å². The number of nitrogens with one attached hydrogen (secondary N) is 2. The van der Waals surface area contributed by atoms with Gasteiger partial charge >= 0.3 is 0 Å². The van der Waals surface area contributed by atoms with Crippen LogP contribution in [-0.4, -0.2) is 9.97 Å². The SMILES string of the molecule is Cc1ccc(CNc2ccc(-c3cnc[nH]3)cc2)c(C)c1. The molecule has 0 aliphatic heterocycles. The highest BCUT2D eigenvalue weighted by Crippen LogP contribution is 2.19. The fourth-order valence-corrected chi connectivity index (χ4v) is 2.42. The molecule has 1 aromatic heterocycles. The van der Waals surface area contributed by atoms with Crippen LogP contribution in [0.1, 0.15) is 16.7 Å². The van der Waals surface area contributed by atoms with Crippen molar-refractivity contribution in [3.05, 3.63) is 71.7 Å². The Morgan fingerprint density at radius 2 is 1.86 bits per heavy atom. The van der Waals surface area contributed by atoms with Gasteiger partial charge < -0.3 is 10.3 Å². The molecule has 3 aromatic rings. The molecular weight excluding hydrogens is 258 g/mol. The molecular formula is C18H19N3. The van der Waals surface area contributed by atoms with Crippen LogP contribution in [0.2, 0.25) is 0 Å². The van der Waals surface area contributed by atoms with Crippen molar-refractivity contribution >= 4 is 5.69 Å². The lowest BCUT2D eigenvalue weighted by Crippen LogP contribution is -2.01. The summed E-state index contributed by atoms with van der Waals surface area (Å²) in [7, 11) is 0. The number of hydrogen-bond acceptors (Lipinski definition) is 2. The molecule has 106 valence electrons. The van der Waals surface area contributed by atoms with Gasteiger partial charge in [-0.3, -0.25) is 0 Å². The molecule has 0 spiro atoms. The van der Waals surface area contributed by atoms with Crippen molar-refractivity contribution in [2.75, 3.05) is 5.32 Å². The zero-order valence-corrected chi connectivity index (χ0v) is 12.4. The molecule has 1 heterocycles. The van der Waals surface area contributed by atoms with Gasteiger partial charge in [0.05, 0.1) is 18.2 Å². The lowest BCUT2D eigenvalue weighted by Gasteiger charge is -2.10. The minimum atomic E-state index is 0.843. The first kappa shape index (κ1) is 13.4. The van der Waals surface area contributed by atoms with E-state index in [4.69, 9.17) is 0 Å². The Morgan fingerprint density at radius 3 is 2.52 bits per heavy atom. The van der Waals surface area contributed by atoms with Gasteiger partial charge in [0.2, 0.25) is 0 Å². The molecule has 0 atom stereocenters. The van der Waals surface area contributed by atoms with Crippen LogP contribution in [0, 0.1) is 13.8 Å². The van der Waals surface area contributed by atoms with E-state index in [1.807, 2.05) is 6.20 Å². The second-order valence-electron chi connectivity index (χ2n) is 5.33. The quantitative estimate of drug-likeness (QED) is 0.746. The first-order valence-electron chi connectivity index (χ1n) is 7.11. The lowest BCUT2D eigenvalue weighted by molar-refractivity contribution is 1.11. The molecule has 0 saturated heterocycles. The zero-order chi connectivity index (χ0) is 14.7. The van der Waals surface area contributed by atoms with Gasteiger partial charge in [-0.2, -0.15) is 0 Å². The molecule has 3 heteroatoms. The Morgan fingerprint density at radius 1 is 1.05 bits per heavy atom. The largest absolute Gasteiger partial charge is 0.381 e. The van der Waals surface area contributed by atoms with E-state index in [1.165, 1.54) is 16.7 Å². The van der Waals surface area contributed by atoms with Crippen LogP contribution in [0.5, 0.6) is 0 Å². The van der Waals surface area contributed by atoms with Crippen LogP contribution in [0.3, 0.4) is 0 Å². The number of anilines is 1. The Hall–Kier alpha value is -2.55. The van der Waals surface area contributed by atoms with Crippen LogP contribution in [0.25, 0.3) is 11.3 Å². The standard InChI is InChI=1S/C18H19N3/c1-13-3-4-16(14(2)9-13)10-20-17-7-5-15(6-8-17)18-11-19-12-21-18/h3-9,11-12,20H,10H2,1-2H3,(H,19,21). The Kier molecular flexibility index (Phi) is 3.73. The second kappa shape index (κ2) is 5.83. The van der Waals surface area contributed by atoms with Gasteiger partial charge in [0.25, 0.3) is 0 Å². The summed E-state index contributed by atoms with van der Waals surface area (Å²) in [4.78, 5) is 7.15. The molecule has 0 aliphatic carbocycles. The van der Waals surface area contributed by atoms with Crippen LogP contribution >= 0.6 is 0 Å². The average molecular weight is 277 g/mol. The van der Waals surface area contributed by atoms with Crippen LogP contribution < -0.4 is 5.32 Å². The van der Waals surface area contributed by atoms with E-state index in [9.17, 15) is 0 Å². The minimum absolute atomic E-state index is 0.843. The predicted molar refractivity (Wildman–Crippen MR) is 87.3 cm³/mol. The Bertz CT molecular complexity index is 713. The molecule has 0 bridgehead atoms. The van der Waals surface area contributed by atoms with Gasteiger partial charge in [0.1, 0.15) is 0 Å². The van der Waals surface area contributed by atoms with E-state index in [1.54, 1.807) is 6.33 Å². The maximum Gasteiger partial charge on any atom is 0.0924 e. The summed E-state index contributed by atoms with van der Waals surface area (Å²) >= 11 is 0. The fraction of sp³-hybridized carbons (Fsp3) is 0.167. The molecule has 0 unspecified atom stereocenters. The van der Waals surface area contributed by atoms with Gasteiger partial charge in [-0.25, -0.2) is 4.98 Å². The van der Waals surface area contributed by atoms with Crippen molar-refractivity contribution in [1.29, 1.82) is 0 Å². The van der Waals surface area contributed by atoms with Gasteiger partial charge in [-0.15, -0.1) is 0 Å². The van der Waals surface area contributed by atoms with E-state index in [0.29, 0.717) is 0 Å². The van der Waals surface area contributed by atoms with Crippen molar-refractivity contribution in [3.63, 3.8) is 0 Å². The molecule has 2 aromatic carbocycles. The number of aromatic nitrogens is 2. The van der Waals surface area contributed by atoms with Crippen molar-refractivity contribution in [2.45, 2.75) is 20.4 Å². The van der Waals surface area contributed by atoms with E-state index in [0.717, 1.165) is 23.5 Å². The monoisotopic (exact) mass is 277 g/mol. The molecule has 0 radical (unpaired) electrons. The van der Waals surface area contributed by atoms with E-state index in [2.05, 4.69) is 71.6 Å². The smallest absolute Gasteiger partial charge is 0.0924 e. The summed E-state index contributed by atoms with van der Waals surface area (Å²) < 4.78 is 0. The lowest BCUT2D eigenvalue weighted by atomic mass is 10.1. The van der Waals surface area contributed by atoms with E-state index < -0.39 is 0 Å². The highest BCUT2D eigenvalue weighted by molar-refractivity contribution is 5.62. The van der Waals surface area contributed by atoms with Crippen molar-refractivity contribution in [2.24, 2.45) is 0 Å². The maximum atomic E-state index is 4.04. The Balaban J connectivity index is 1.68. The van der Waals surface area contributed by atoms with Crippen molar-refractivity contribution in [1.82, 2.24) is 9.97 Å². The first-order chi connectivity index (χ1) is 10.2. The molecule has 0 saturated carbocycles. The summed E-state index contributed by atoms with van der Waals surface area (Å²) in [5, 5.41) is 3.47. The molecule has 0 fully saturated rings. The third-order valence-corrected chi connectivity index (χ3v) is 3.68. The number of aromatic amines is 1. The first-order valence-corrected chi connectivity index (χ1v) is 7.11. The summed E-state index contributed by atoms with van der Waals surface area (Å²) in [6.07, 6.45) is 3.53. The third kappa shape index (κ3) is 3.14. The van der Waals surface area contributed by atoms with Crippen LogP contribution in [-0.2, 0) is 6.54 Å². The normalized spacial score (nSPS) is 10.6. The van der Waals surface area contributed by atoms with Crippen LogP contribution in [0.4, 0.5) is 5.69 Å². The molecule has 3 nitrogen and oxygen atoms in total. The highest BCUT2D eigenvalue weighted by Gasteiger charge is 2.01. The van der Waals surface area contributed by atoms with Gasteiger partial charge in [0.15, 0.2) is 0 Å². The predicted octanol–water partition coefficient (Wildman–Crippen LogP) is 4.31. The number of aryl methyl sites for hydroxylation is 2. The number of benzene rings is 2. The zero-order valence-electron chi connectivity index (χ0n) is 12.4. The highest BCUT2D eigenvalue weighted by atomic mass is 14.9. The molecule has 0 aliphatic rings. The number of rotatable bonds is 4. The fourth-order valence-electron chi connectivity index (χ4n) is 2.42. The number of nitrogens with zero attached hydrogens (tertiary/aromatic N) is 1. The van der Waals surface area contributed by atoms with Crippen molar-refractivity contribution in [3.8, 4) is 11.3 Å². The maximum absolute atomic E-state index is 4.04. The van der Waals surface area contributed by atoms with Crippen LogP contribution in [0.15, 0.2) is 55.0 Å². The second-order valence-corrected chi connectivity index (χ2v) is 5.33. The molecule has 3 rings (SSSR count). The average Bonchev–Trinajstić information content (AvgIpc) is 3.01.